The van der Waals surface area contributed by atoms with Gasteiger partial charge in [0.25, 0.3) is 0 Å². The Morgan fingerprint density at radius 3 is 1.42 bits per heavy atom. The third-order valence-corrected chi connectivity index (χ3v) is 17.3. The zero-order valence-corrected chi connectivity index (χ0v) is 42.8. The number of para-hydroxylation sites is 5. The van der Waals surface area contributed by atoms with E-state index in [1.807, 2.05) is 12.1 Å². The molecule has 0 saturated carbocycles. The van der Waals surface area contributed by atoms with Gasteiger partial charge in [-0.2, -0.15) is 0 Å². The first-order chi connectivity index (χ1) is 37.2. The lowest BCUT2D eigenvalue weighted by atomic mass is 9.81. The molecule has 4 nitrogen and oxygen atoms in total. The van der Waals surface area contributed by atoms with Gasteiger partial charge in [0.05, 0.1) is 22.1 Å². The summed E-state index contributed by atoms with van der Waals surface area (Å²) in [5, 5.41) is 7.36. The predicted molar refractivity (Wildman–Crippen MR) is 318 cm³/mol. The van der Waals surface area contributed by atoms with Gasteiger partial charge < -0.3 is 18.5 Å². The quantitative estimate of drug-likeness (QED) is 0.166. The van der Waals surface area contributed by atoms with E-state index in [1.54, 1.807) is 0 Å². The van der Waals surface area contributed by atoms with Crippen LogP contribution in [0.3, 0.4) is 0 Å². The first-order valence-electron chi connectivity index (χ1n) is 26.6. The van der Waals surface area contributed by atoms with Crippen molar-refractivity contribution >= 4 is 82.6 Å². The number of hydrogen-bond donors (Lipinski definition) is 0. The van der Waals surface area contributed by atoms with Gasteiger partial charge in [-0.15, -0.1) is 0 Å². The van der Waals surface area contributed by atoms with Gasteiger partial charge in [0.15, 0.2) is 0 Å². The second kappa shape index (κ2) is 15.6. The van der Waals surface area contributed by atoms with Gasteiger partial charge in [-0.05, 0) is 165 Å². The minimum absolute atomic E-state index is 0.269. The molecule has 0 atom stereocenters. The molecule has 0 unspecified atom stereocenters. The molecule has 4 heteroatoms. The molecule has 3 aromatic heterocycles. The topological polar surface area (TPSA) is 26.2 Å². The molecule has 2 aliphatic rings. The van der Waals surface area contributed by atoms with Crippen molar-refractivity contribution in [2.24, 2.45) is 0 Å². The summed E-state index contributed by atoms with van der Waals surface area (Å²) in [6.07, 6.45) is 0. The molecule has 0 bridgehead atoms. The fourth-order valence-electron chi connectivity index (χ4n) is 13.5. The molecule has 2 aliphatic carbocycles. The van der Waals surface area contributed by atoms with Crippen LogP contribution in [0.1, 0.15) is 49.9 Å². The molecule has 0 saturated heterocycles. The van der Waals surface area contributed by atoms with E-state index >= 15 is 0 Å². The molecule has 0 spiro atoms. The number of anilines is 3. The number of aromatic nitrogens is 2. The number of benzene rings is 11. The Balaban J connectivity index is 0.836. The first-order valence-corrected chi connectivity index (χ1v) is 26.6. The normalized spacial score (nSPS) is 14.0. The van der Waals surface area contributed by atoms with Gasteiger partial charge in [-0.1, -0.05) is 155 Å². The molecule has 14 aromatic rings. The summed E-state index contributed by atoms with van der Waals surface area (Å²) in [5.41, 5.74) is 24.7. The van der Waals surface area contributed by atoms with E-state index in [0.717, 1.165) is 50.1 Å². The summed E-state index contributed by atoms with van der Waals surface area (Å²) in [7, 11) is 0. The Kier molecular flexibility index (Phi) is 8.83. The third-order valence-electron chi connectivity index (χ3n) is 17.3. The summed E-state index contributed by atoms with van der Waals surface area (Å²) in [4.78, 5) is 2.47. The second-order valence-electron chi connectivity index (χ2n) is 22.1. The predicted octanol–water partition coefficient (Wildman–Crippen LogP) is 19.5. The van der Waals surface area contributed by atoms with Crippen LogP contribution in [-0.4, -0.2) is 9.13 Å². The summed E-state index contributed by atoms with van der Waals surface area (Å²) >= 11 is 0. The fourth-order valence-corrected chi connectivity index (χ4v) is 13.5. The van der Waals surface area contributed by atoms with Crippen molar-refractivity contribution in [3.05, 3.63) is 259 Å². The first kappa shape index (κ1) is 43.1. The van der Waals surface area contributed by atoms with Crippen LogP contribution >= 0.6 is 0 Å². The van der Waals surface area contributed by atoms with E-state index in [0.29, 0.717) is 0 Å². The average Bonchev–Trinajstić information content (AvgIpc) is 4.28. The van der Waals surface area contributed by atoms with Gasteiger partial charge >= 0.3 is 0 Å². The van der Waals surface area contributed by atoms with Gasteiger partial charge in [-0.3, -0.25) is 0 Å². The van der Waals surface area contributed by atoms with Crippen molar-refractivity contribution < 1.29 is 4.42 Å². The lowest BCUT2D eigenvalue weighted by molar-refractivity contribution is 0.659. The van der Waals surface area contributed by atoms with Crippen molar-refractivity contribution in [3.8, 4) is 44.8 Å². The van der Waals surface area contributed by atoms with E-state index in [2.05, 4.69) is 266 Å². The maximum absolute atomic E-state index is 6.36. The molecule has 0 aliphatic heterocycles. The number of furan rings is 1. The molecule has 0 fully saturated rings. The zero-order chi connectivity index (χ0) is 50.6. The van der Waals surface area contributed by atoms with E-state index in [-0.39, 0.29) is 10.8 Å². The van der Waals surface area contributed by atoms with Crippen molar-refractivity contribution in [3.63, 3.8) is 0 Å². The highest BCUT2D eigenvalue weighted by Gasteiger charge is 2.39. The summed E-state index contributed by atoms with van der Waals surface area (Å²) in [5.74, 6) is 0. The number of nitrogens with zero attached hydrogens (tertiary/aromatic N) is 3. The Morgan fingerprint density at radius 2 is 0.776 bits per heavy atom. The minimum atomic E-state index is -0.271. The van der Waals surface area contributed by atoms with Gasteiger partial charge in [0, 0.05) is 71.6 Å². The van der Waals surface area contributed by atoms with Crippen molar-refractivity contribution in [1.82, 2.24) is 9.13 Å². The molecular weight excluding hydrogens is 923 g/mol. The van der Waals surface area contributed by atoms with Crippen molar-refractivity contribution in [2.75, 3.05) is 4.90 Å². The Bertz CT molecular complexity index is 4700. The van der Waals surface area contributed by atoms with E-state index in [4.69, 9.17) is 4.42 Å². The largest absolute Gasteiger partial charge is 0.456 e. The molecule has 11 aromatic carbocycles. The summed E-state index contributed by atoms with van der Waals surface area (Å²) in [6, 6.07) is 87.6. The smallest absolute Gasteiger partial charge is 0.136 e. The van der Waals surface area contributed by atoms with Gasteiger partial charge in [0.1, 0.15) is 11.2 Å². The maximum Gasteiger partial charge on any atom is 0.136 e. The molecule has 0 radical (unpaired) electrons. The molecule has 360 valence electrons. The Morgan fingerprint density at radius 1 is 0.303 bits per heavy atom. The lowest BCUT2D eigenvalue weighted by Gasteiger charge is -2.30. The standard InChI is InChI=1S/C72H51N3O/c1-71(2)61-39-48(31-35-51(61)52-36-33-50(41-62(52)71)75-65-22-12-8-18-54(65)55-19-9-13-23-66(55)75)73(47-29-26-44(27-30-47)45-28-34-58-57-21-11-15-25-69(57)76-70(58)38-45)49-32-37-53-59-42-60-56-20-10-14-24-67(56)74(46-16-6-5-7-17-46)68(60)43-64(59)72(3,4)63(53)40-49/h5-43H,1-4H3. The van der Waals surface area contributed by atoms with Crippen LogP contribution in [0.25, 0.3) is 110 Å². The van der Waals surface area contributed by atoms with Gasteiger partial charge in [-0.25, -0.2) is 0 Å². The van der Waals surface area contributed by atoms with Crippen LogP contribution in [0.15, 0.2) is 241 Å². The van der Waals surface area contributed by atoms with Crippen LogP contribution in [0.5, 0.6) is 0 Å². The van der Waals surface area contributed by atoms with Crippen LogP contribution in [-0.2, 0) is 10.8 Å². The lowest BCUT2D eigenvalue weighted by Crippen LogP contribution is -2.18. The summed E-state index contributed by atoms with van der Waals surface area (Å²) in [6.45, 7) is 9.62. The minimum Gasteiger partial charge on any atom is -0.456 e. The van der Waals surface area contributed by atoms with Gasteiger partial charge in [0.2, 0.25) is 0 Å². The van der Waals surface area contributed by atoms with Crippen LogP contribution in [0, 0.1) is 0 Å². The van der Waals surface area contributed by atoms with E-state index in [9.17, 15) is 0 Å². The van der Waals surface area contributed by atoms with Crippen LogP contribution in [0.2, 0.25) is 0 Å². The highest BCUT2D eigenvalue weighted by Crippen LogP contribution is 2.55. The number of hydrogen-bond acceptors (Lipinski definition) is 2. The molecule has 0 N–H and O–H groups in total. The summed E-state index contributed by atoms with van der Waals surface area (Å²) < 4.78 is 11.2. The fraction of sp³-hybridized carbons (Fsp3) is 0.0833. The molecule has 3 heterocycles. The van der Waals surface area contributed by atoms with Crippen molar-refractivity contribution in [1.29, 1.82) is 0 Å². The second-order valence-corrected chi connectivity index (χ2v) is 22.1. The molecule has 0 amide bonds. The molecule has 76 heavy (non-hydrogen) atoms. The highest BCUT2D eigenvalue weighted by atomic mass is 16.3. The maximum atomic E-state index is 6.36. The third kappa shape index (κ3) is 6.01. The average molecular weight is 974 g/mol. The zero-order valence-electron chi connectivity index (χ0n) is 42.8. The van der Waals surface area contributed by atoms with Crippen molar-refractivity contribution in [2.45, 2.75) is 38.5 Å². The number of fused-ring (bicyclic) bond motifs is 15. The Labute approximate surface area is 440 Å². The van der Waals surface area contributed by atoms with E-state index < -0.39 is 0 Å². The van der Waals surface area contributed by atoms with Crippen LogP contribution in [0.4, 0.5) is 17.1 Å². The van der Waals surface area contributed by atoms with E-state index in [1.165, 1.54) is 99.5 Å². The van der Waals surface area contributed by atoms with Crippen LogP contribution < -0.4 is 4.90 Å². The monoisotopic (exact) mass is 973 g/mol. The SMILES string of the molecule is CC1(C)c2cc(N(c3ccc(-c4ccc5c(c4)oc4ccccc45)cc3)c3ccc4c(c3)C(C)(C)c3cc5c(cc3-4)c3ccccc3n5-c3ccccc3)ccc2-c2ccc(-n3c4ccccc4c4ccccc43)cc21. The molecule has 16 rings (SSSR count). The highest BCUT2D eigenvalue weighted by molar-refractivity contribution is 6.12. The molecular formula is C72H51N3O. The Hall–Kier alpha value is -9.38. The number of rotatable bonds is 6.